The molecule has 2 aliphatic carbocycles. The van der Waals surface area contributed by atoms with E-state index in [0.29, 0.717) is 11.8 Å². The number of nitrogens with two attached hydrogens (primary N) is 1. The van der Waals surface area contributed by atoms with Gasteiger partial charge >= 0.3 is 0 Å². The van der Waals surface area contributed by atoms with Crippen molar-refractivity contribution in [2.75, 3.05) is 13.1 Å². The van der Waals surface area contributed by atoms with Crippen LogP contribution < -0.4 is 5.73 Å². The van der Waals surface area contributed by atoms with Crippen LogP contribution in [0.1, 0.15) is 78.7 Å². The van der Waals surface area contributed by atoms with E-state index >= 15 is 0 Å². The Kier molecular flexibility index (Phi) is 5.58. The van der Waals surface area contributed by atoms with Gasteiger partial charge in [0.2, 0.25) is 5.91 Å². The van der Waals surface area contributed by atoms with Crippen LogP contribution in [-0.2, 0) is 10.2 Å². The summed E-state index contributed by atoms with van der Waals surface area (Å²) in [5.41, 5.74) is 7.69. The van der Waals surface area contributed by atoms with Crippen molar-refractivity contribution in [3.05, 3.63) is 35.9 Å². The van der Waals surface area contributed by atoms with Crippen LogP contribution in [0.3, 0.4) is 0 Å². The minimum Gasteiger partial charge on any atom is -0.342 e. The topological polar surface area (TPSA) is 46.3 Å². The minimum atomic E-state index is -0.274. The van der Waals surface area contributed by atoms with Gasteiger partial charge in [-0.3, -0.25) is 4.79 Å². The Hall–Kier alpha value is -1.35. The number of hydrogen-bond donors (Lipinski definition) is 1. The van der Waals surface area contributed by atoms with Gasteiger partial charge in [0.15, 0.2) is 0 Å². The molecule has 1 heterocycles. The number of piperidine rings is 1. The lowest BCUT2D eigenvalue weighted by Gasteiger charge is -2.58. The van der Waals surface area contributed by atoms with Gasteiger partial charge in [-0.2, -0.15) is 0 Å². The average Bonchev–Trinajstić information content (AvgIpc) is 2.69. The highest BCUT2D eigenvalue weighted by Crippen LogP contribution is 2.60. The molecular formula is C27H42N2O. The molecule has 3 nitrogen and oxygen atoms in total. The zero-order chi connectivity index (χ0) is 21.7. The van der Waals surface area contributed by atoms with Gasteiger partial charge in [0.25, 0.3) is 0 Å². The fraction of sp³-hybridized carbons (Fsp3) is 0.741. The SMILES string of the molecule is CCC1C(C)CC2(c3ccccc3)CC1CC(C)(C(=O)N1CCC(N)C(C)(C)C1)C2. The molecule has 3 aliphatic rings. The zero-order valence-electron chi connectivity index (χ0n) is 19.8. The second kappa shape index (κ2) is 7.65. The molecule has 30 heavy (non-hydrogen) atoms. The molecule has 2 N–H and O–H groups in total. The lowest BCUT2D eigenvalue weighted by atomic mass is 9.47. The van der Waals surface area contributed by atoms with Crippen molar-refractivity contribution in [3.8, 4) is 0 Å². The van der Waals surface area contributed by atoms with Crippen LogP contribution in [-0.4, -0.2) is 29.9 Å². The quantitative estimate of drug-likeness (QED) is 0.727. The van der Waals surface area contributed by atoms with E-state index in [2.05, 4.69) is 69.9 Å². The van der Waals surface area contributed by atoms with Gasteiger partial charge in [-0.05, 0) is 66.3 Å². The van der Waals surface area contributed by atoms with Crippen LogP contribution in [0.2, 0.25) is 0 Å². The number of amides is 1. The molecule has 2 saturated carbocycles. The third kappa shape index (κ3) is 3.61. The molecule has 0 aromatic heterocycles. The predicted molar refractivity (Wildman–Crippen MR) is 124 cm³/mol. The summed E-state index contributed by atoms with van der Waals surface area (Å²) in [6, 6.07) is 11.3. The Morgan fingerprint density at radius 1 is 1.13 bits per heavy atom. The Labute approximate surface area is 183 Å². The van der Waals surface area contributed by atoms with E-state index in [-0.39, 0.29) is 22.3 Å². The maximum Gasteiger partial charge on any atom is 0.228 e. The predicted octanol–water partition coefficient (Wildman–Crippen LogP) is 5.38. The fourth-order valence-corrected chi connectivity index (χ4v) is 7.69. The van der Waals surface area contributed by atoms with Crippen molar-refractivity contribution in [1.82, 2.24) is 4.90 Å². The third-order valence-electron chi connectivity index (χ3n) is 9.12. The third-order valence-corrected chi connectivity index (χ3v) is 9.12. The van der Waals surface area contributed by atoms with E-state index in [0.717, 1.165) is 44.2 Å². The molecule has 0 radical (unpaired) electrons. The molecule has 1 aromatic carbocycles. The van der Waals surface area contributed by atoms with Gasteiger partial charge in [-0.1, -0.05) is 71.4 Å². The van der Waals surface area contributed by atoms with E-state index in [4.69, 9.17) is 5.73 Å². The first kappa shape index (κ1) is 21.9. The molecule has 3 fully saturated rings. The van der Waals surface area contributed by atoms with Crippen molar-refractivity contribution in [2.45, 2.75) is 84.6 Å². The summed E-state index contributed by atoms with van der Waals surface area (Å²) in [4.78, 5) is 16.2. The summed E-state index contributed by atoms with van der Waals surface area (Å²) in [6.07, 6.45) is 6.64. The van der Waals surface area contributed by atoms with Gasteiger partial charge in [0.05, 0.1) is 0 Å². The number of hydrogen-bond acceptors (Lipinski definition) is 2. The van der Waals surface area contributed by atoms with Crippen LogP contribution in [0.5, 0.6) is 0 Å². The second-order valence-corrected chi connectivity index (χ2v) is 11.9. The van der Waals surface area contributed by atoms with Crippen LogP contribution in [0, 0.1) is 28.6 Å². The molecule has 1 aliphatic heterocycles. The van der Waals surface area contributed by atoms with E-state index in [1.807, 2.05) is 0 Å². The lowest BCUT2D eigenvalue weighted by Crippen LogP contribution is -2.59. The largest absolute Gasteiger partial charge is 0.342 e. The van der Waals surface area contributed by atoms with E-state index < -0.39 is 0 Å². The van der Waals surface area contributed by atoms with Crippen LogP contribution >= 0.6 is 0 Å². The highest BCUT2D eigenvalue weighted by atomic mass is 16.2. The normalized spacial score (nSPS) is 40.8. The van der Waals surface area contributed by atoms with Crippen LogP contribution in [0.4, 0.5) is 0 Å². The smallest absolute Gasteiger partial charge is 0.228 e. The number of nitrogens with zero attached hydrogens (tertiary/aromatic N) is 1. The monoisotopic (exact) mass is 410 g/mol. The van der Waals surface area contributed by atoms with Crippen molar-refractivity contribution in [3.63, 3.8) is 0 Å². The molecule has 4 rings (SSSR count). The van der Waals surface area contributed by atoms with Gasteiger partial charge in [-0.15, -0.1) is 0 Å². The molecule has 2 bridgehead atoms. The molecular weight excluding hydrogens is 368 g/mol. The van der Waals surface area contributed by atoms with E-state index in [1.54, 1.807) is 0 Å². The zero-order valence-corrected chi connectivity index (χ0v) is 19.8. The van der Waals surface area contributed by atoms with Gasteiger partial charge in [0, 0.05) is 24.5 Å². The lowest BCUT2D eigenvalue weighted by molar-refractivity contribution is -0.153. The van der Waals surface area contributed by atoms with E-state index in [9.17, 15) is 4.79 Å². The van der Waals surface area contributed by atoms with Crippen LogP contribution in [0.25, 0.3) is 0 Å². The highest BCUT2D eigenvalue weighted by Gasteiger charge is 2.56. The summed E-state index contributed by atoms with van der Waals surface area (Å²) in [6.45, 7) is 13.1. The number of benzene rings is 1. The summed E-state index contributed by atoms with van der Waals surface area (Å²) >= 11 is 0. The molecule has 1 aromatic rings. The number of fused-ring (bicyclic) bond motifs is 2. The number of carbonyl (C=O) groups is 1. The second-order valence-electron chi connectivity index (χ2n) is 11.9. The Morgan fingerprint density at radius 2 is 1.83 bits per heavy atom. The standard InChI is InChI=1S/C27H42N2O/c1-6-22-19(2)14-27(21-10-8-7-9-11-21)16-20(22)15-26(5,17-27)24(30)29-13-12-23(28)25(3,4)18-29/h7-11,19-20,22-23H,6,12-18,28H2,1-5H3. The van der Waals surface area contributed by atoms with Crippen LogP contribution in [0.15, 0.2) is 30.3 Å². The molecule has 166 valence electrons. The molecule has 0 spiro atoms. The number of rotatable bonds is 3. The molecule has 1 saturated heterocycles. The minimum absolute atomic E-state index is 0.00755. The van der Waals surface area contributed by atoms with E-state index in [1.165, 1.54) is 24.8 Å². The summed E-state index contributed by atoms with van der Waals surface area (Å²) < 4.78 is 0. The first-order valence-corrected chi connectivity index (χ1v) is 12.2. The van der Waals surface area contributed by atoms with Gasteiger partial charge in [0.1, 0.15) is 0 Å². The van der Waals surface area contributed by atoms with Gasteiger partial charge < -0.3 is 10.6 Å². The maximum absolute atomic E-state index is 14.0. The number of likely N-dealkylation sites (tertiary alicyclic amines) is 1. The Balaban J connectivity index is 1.68. The Morgan fingerprint density at radius 3 is 2.47 bits per heavy atom. The fourth-order valence-electron chi connectivity index (χ4n) is 7.69. The number of carbonyl (C=O) groups excluding carboxylic acids is 1. The van der Waals surface area contributed by atoms with Crippen molar-refractivity contribution in [2.24, 2.45) is 34.3 Å². The van der Waals surface area contributed by atoms with Crippen molar-refractivity contribution in [1.29, 1.82) is 0 Å². The summed E-state index contributed by atoms with van der Waals surface area (Å²) in [5.74, 6) is 2.49. The first-order chi connectivity index (χ1) is 14.1. The molecule has 6 unspecified atom stereocenters. The molecule has 6 atom stereocenters. The summed E-state index contributed by atoms with van der Waals surface area (Å²) in [5, 5.41) is 0. The maximum atomic E-state index is 14.0. The summed E-state index contributed by atoms with van der Waals surface area (Å²) in [7, 11) is 0. The highest BCUT2D eigenvalue weighted by molar-refractivity contribution is 5.83. The van der Waals surface area contributed by atoms with Crippen molar-refractivity contribution >= 4 is 5.91 Å². The van der Waals surface area contributed by atoms with Crippen molar-refractivity contribution < 1.29 is 4.79 Å². The average molecular weight is 411 g/mol. The van der Waals surface area contributed by atoms with Gasteiger partial charge in [-0.25, -0.2) is 0 Å². The molecule has 3 heteroatoms. The Bertz CT molecular complexity index is 770. The first-order valence-electron chi connectivity index (χ1n) is 12.2. The molecule has 1 amide bonds.